The van der Waals surface area contributed by atoms with Crippen LogP contribution in [0.5, 0.6) is 0 Å². The molecule has 0 fully saturated rings. The SMILES string of the molecule is Cc1ccccc1Nc1cc(Cl)c(Cl)cc1N. The van der Waals surface area contributed by atoms with Crippen LogP contribution in [0.1, 0.15) is 5.56 Å². The fraction of sp³-hybridized carbons (Fsp3) is 0.0769. The summed E-state index contributed by atoms with van der Waals surface area (Å²) in [6.07, 6.45) is 0. The summed E-state index contributed by atoms with van der Waals surface area (Å²) in [7, 11) is 0. The van der Waals surface area contributed by atoms with E-state index in [0.29, 0.717) is 15.7 Å². The molecule has 0 radical (unpaired) electrons. The summed E-state index contributed by atoms with van der Waals surface area (Å²) in [5.74, 6) is 0. The van der Waals surface area contributed by atoms with Gasteiger partial charge in [-0.2, -0.15) is 0 Å². The third kappa shape index (κ3) is 2.65. The minimum absolute atomic E-state index is 0.458. The highest BCUT2D eigenvalue weighted by atomic mass is 35.5. The zero-order chi connectivity index (χ0) is 12.4. The molecule has 2 aromatic rings. The molecule has 2 rings (SSSR count). The summed E-state index contributed by atoms with van der Waals surface area (Å²) in [5.41, 5.74) is 9.35. The number of benzene rings is 2. The number of aryl methyl sites for hydroxylation is 1. The monoisotopic (exact) mass is 266 g/mol. The molecule has 3 N–H and O–H groups in total. The molecular weight excluding hydrogens is 255 g/mol. The average molecular weight is 267 g/mol. The van der Waals surface area contributed by atoms with Crippen LogP contribution in [0.2, 0.25) is 10.0 Å². The van der Waals surface area contributed by atoms with Crippen molar-refractivity contribution in [1.29, 1.82) is 0 Å². The van der Waals surface area contributed by atoms with Crippen LogP contribution in [0, 0.1) is 6.92 Å². The molecular formula is C13H12Cl2N2. The van der Waals surface area contributed by atoms with E-state index in [9.17, 15) is 0 Å². The van der Waals surface area contributed by atoms with Gasteiger partial charge in [0, 0.05) is 5.69 Å². The number of nitrogen functional groups attached to an aromatic ring is 1. The summed E-state index contributed by atoms with van der Waals surface area (Å²) < 4.78 is 0. The second kappa shape index (κ2) is 4.86. The number of nitrogens with one attached hydrogen (secondary N) is 1. The average Bonchev–Trinajstić information content (AvgIpc) is 2.29. The smallest absolute Gasteiger partial charge is 0.0634 e. The molecule has 0 heterocycles. The highest BCUT2D eigenvalue weighted by Crippen LogP contribution is 2.33. The predicted octanol–water partition coefficient (Wildman–Crippen LogP) is 4.63. The normalized spacial score (nSPS) is 10.3. The Morgan fingerprint density at radius 1 is 1.00 bits per heavy atom. The summed E-state index contributed by atoms with van der Waals surface area (Å²) in [4.78, 5) is 0. The second-order valence-corrected chi connectivity index (χ2v) is 4.61. The maximum atomic E-state index is 5.96. The fourth-order valence-electron chi connectivity index (χ4n) is 1.53. The van der Waals surface area contributed by atoms with Gasteiger partial charge in [-0.1, -0.05) is 41.4 Å². The van der Waals surface area contributed by atoms with Gasteiger partial charge in [-0.05, 0) is 30.7 Å². The highest BCUT2D eigenvalue weighted by molar-refractivity contribution is 6.42. The van der Waals surface area contributed by atoms with Gasteiger partial charge >= 0.3 is 0 Å². The van der Waals surface area contributed by atoms with Crippen molar-refractivity contribution in [1.82, 2.24) is 0 Å². The molecule has 17 heavy (non-hydrogen) atoms. The molecule has 88 valence electrons. The standard InChI is InChI=1S/C13H12Cl2N2/c1-8-4-2-3-5-12(8)17-13-7-10(15)9(14)6-11(13)16/h2-7,17H,16H2,1H3. The van der Waals surface area contributed by atoms with Crippen molar-refractivity contribution in [3.8, 4) is 0 Å². The molecule has 0 bridgehead atoms. The molecule has 2 nitrogen and oxygen atoms in total. The largest absolute Gasteiger partial charge is 0.397 e. The fourth-order valence-corrected chi connectivity index (χ4v) is 1.86. The zero-order valence-corrected chi connectivity index (χ0v) is 10.8. The number of hydrogen-bond donors (Lipinski definition) is 2. The van der Waals surface area contributed by atoms with Crippen molar-refractivity contribution >= 4 is 40.3 Å². The molecule has 4 heteroatoms. The van der Waals surface area contributed by atoms with E-state index >= 15 is 0 Å². The van der Waals surface area contributed by atoms with Gasteiger partial charge in [-0.3, -0.25) is 0 Å². The molecule has 0 atom stereocenters. The first-order chi connectivity index (χ1) is 8.08. The number of rotatable bonds is 2. The van der Waals surface area contributed by atoms with Gasteiger partial charge < -0.3 is 11.1 Å². The zero-order valence-electron chi connectivity index (χ0n) is 9.30. The van der Waals surface area contributed by atoms with E-state index in [-0.39, 0.29) is 0 Å². The van der Waals surface area contributed by atoms with Gasteiger partial charge in [-0.25, -0.2) is 0 Å². The van der Waals surface area contributed by atoms with E-state index in [0.717, 1.165) is 16.9 Å². The van der Waals surface area contributed by atoms with E-state index in [1.54, 1.807) is 12.1 Å². The lowest BCUT2D eigenvalue weighted by molar-refractivity contribution is 1.43. The number of para-hydroxylation sites is 1. The number of hydrogen-bond acceptors (Lipinski definition) is 2. The van der Waals surface area contributed by atoms with Crippen LogP contribution in [0.3, 0.4) is 0 Å². The van der Waals surface area contributed by atoms with Gasteiger partial charge in [0.15, 0.2) is 0 Å². The van der Waals surface area contributed by atoms with E-state index in [2.05, 4.69) is 5.32 Å². The molecule has 0 amide bonds. The van der Waals surface area contributed by atoms with Crippen molar-refractivity contribution < 1.29 is 0 Å². The van der Waals surface area contributed by atoms with Gasteiger partial charge in [-0.15, -0.1) is 0 Å². The first-order valence-corrected chi connectivity index (χ1v) is 5.90. The number of anilines is 3. The van der Waals surface area contributed by atoms with Crippen LogP contribution in [-0.2, 0) is 0 Å². The van der Waals surface area contributed by atoms with E-state index in [1.165, 1.54) is 0 Å². The Balaban J connectivity index is 2.37. The Kier molecular flexibility index (Phi) is 3.46. The van der Waals surface area contributed by atoms with Crippen molar-refractivity contribution in [2.24, 2.45) is 0 Å². The van der Waals surface area contributed by atoms with Crippen molar-refractivity contribution in [3.63, 3.8) is 0 Å². The summed E-state index contributed by atoms with van der Waals surface area (Å²) in [5, 5.41) is 4.18. The quantitative estimate of drug-likeness (QED) is 0.778. The molecule has 2 aromatic carbocycles. The molecule has 0 spiro atoms. The van der Waals surface area contributed by atoms with Crippen molar-refractivity contribution in [2.45, 2.75) is 6.92 Å². The Morgan fingerprint density at radius 3 is 2.35 bits per heavy atom. The summed E-state index contributed by atoms with van der Waals surface area (Å²) in [6.45, 7) is 2.02. The topological polar surface area (TPSA) is 38.0 Å². The van der Waals surface area contributed by atoms with Crippen LogP contribution < -0.4 is 11.1 Å². The highest BCUT2D eigenvalue weighted by Gasteiger charge is 2.06. The Hall–Kier alpha value is -1.38. The van der Waals surface area contributed by atoms with Crippen LogP contribution in [0.15, 0.2) is 36.4 Å². The molecule has 0 saturated heterocycles. The van der Waals surface area contributed by atoms with Crippen LogP contribution in [0.25, 0.3) is 0 Å². The van der Waals surface area contributed by atoms with Gasteiger partial charge in [0.2, 0.25) is 0 Å². The van der Waals surface area contributed by atoms with Crippen molar-refractivity contribution in [3.05, 3.63) is 52.0 Å². The number of halogens is 2. The third-order valence-electron chi connectivity index (χ3n) is 2.51. The lowest BCUT2D eigenvalue weighted by Gasteiger charge is -2.12. The van der Waals surface area contributed by atoms with Crippen molar-refractivity contribution in [2.75, 3.05) is 11.1 Å². The first-order valence-electron chi connectivity index (χ1n) is 5.15. The van der Waals surface area contributed by atoms with Gasteiger partial charge in [0.25, 0.3) is 0 Å². The Labute approximate surface area is 110 Å². The van der Waals surface area contributed by atoms with Crippen LogP contribution >= 0.6 is 23.2 Å². The molecule has 0 aliphatic rings. The van der Waals surface area contributed by atoms with E-state index in [4.69, 9.17) is 28.9 Å². The maximum absolute atomic E-state index is 5.96. The predicted molar refractivity (Wildman–Crippen MR) is 75.3 cm³/mol. The lowest BCUT2D eigenvalue weighted by atomic mass is 10.2. The molecule has 0 aromatic heterocycles. The first kappa shape index (κ1) is 12.1. The van der Waals surface area contributed by atoms with Gasteiger partial charge in [0.1, 0.15) is 0 Å². The molecule has 0 unspecified atom stereocenters. The third-order valence-corrected chi connectivity index (χ3v) is 3.23. The van der Waals surface area contributed by atoms with E-state index in [1.807, 2.05) is 31.2 Å². The minimum Gasteiger partial charge on any atom is -0.397 e. The second-order valence-electron chi connectivity index (χ2n) is 3.79. The Bertz CT molecular complexity index is 553. The van der Waals surface area contributed by atoms with Crippen LogP contribution in [-0.4, -0.2) is 0 Å². The molecule has 0 aliphatic carbocycles. The summed E-state index contributed by atoms with van der Waals surface area (Å²) >= 11 is 11.8. The summed E-state index contributed by atoms with van der Waals surface area (Å²) in [6, 6.07) is 11.3. The lowest BCUT2D eigenvalue weighted by Crippen LogP contribution is -1.97. The van der Waals surface area contributed by atoms with E-state index < -0.39 is 0 Å². The Morgan fingerprint density at radius 2 is 1.65 bits per heavy atom. The van der Waals surface area contributed by atoms with Gasteiger partial charge in [0.05, 0.1) is 21.4 Å². The maximum Gasteiger partial charge on any atom is 0.0634 e. The minimum atomic E-state index is 0.458. The molecule has 0 aliphatic heterocycles. The molecule has 0 saturated carbocycles. The number of nitrogens with two attached hydrogens (primary N) is 1. The van der Waals surface area contributed by atoms with Crippen LogP contribution in [0.4, 0.5) is 17.1 Å².